The van der Waals surface area contributed by atoms with Crippen molar-refractivity contribution in [3.05, 3.63) is 82.2 Å². The van der Waals surface area contributed by atoms with E-state index in [0.717, 1.165) is 34.8 Å². The van der Waals surface area contributed by atoms with Crippen molar-refractivity contribution < 1.29 is 14.2 Å². The molecule has 0 aliphatic carbocycles. The van der Waals surface area contributed by atoms with Gasteiger partial charge in [0.05, 0.1) is 18.2 Å². The van der Waals surface area contributed by atoms with Gasteiger partial charge >= 0.3 is 0 Å². The maximum atomic E-state index is 6.19. The smallest absolute Gasteiger partial charge is 0.119 e. The SMILES string of the molecule is CC#C[C@@H](CC1=NN=NC1)c1ccc(OCc2ccc3sc(C)c(-c4ccc(OCCOC)cc4C)c3c2)cc1.S. The Kier molecular flexibility index (Phi) is 10.6. The van der Waals surface area contributed by atoms with Gasteiger partial charge in [-0.3, -0.25) is 0 Å². The average molecular weight is 586 g/mol. The van der Waals surface area contributed by atoms with Gasteiger partial charge in [-0.2, -0.15) is 18.6 Å². The Labute approximate surface area is 252 Å². The second-order valence-corrected chi connectivity index (χ2v) is 11.0. The third kappa shape index (κ3) is 7.36. The number of hydrogen-bond donors (Lipinski definition) is 0. The molecule has 0 spiro atoms. The highest BCUT2D eigenvalue weighted by atomic mass is 32.1. The van der Waals surface area contributed by atoms with Crippen LogP contribution >= 0.6 is 24.8 Å². The number of rotatable bonds is 11. The molecular weight excluding hydrogens is 551 g/mol. The Morgan fingerprint density at radius 1 is 0.951 bits per heavy atom. The molecule has 0 radical (unpaired) electrons. The highest BCUT2D eigenvalue weighted by Crippen LogP contribution is 2.41. The molecule has 1 atom stereocenters. The number of ether oxygens (including phenoxy) is 3. The zero-order valence-electron chi connectivity index (χ0n) is 23.9. The van der Waals surface area contributed by atoms with Crippen LogP contribution in [0.3, 0.4) is 0 Å². The zero-order valence-corrected chi connectivity index (χ0v) is 25.7. The summed E-state index contributed by atoms with van der Waals surface area (Å²) in [7, 11) is 1.68. The number of benzene rings is 3. The summed E-state index contributed by atoms with van der Waals surface area (Å²) in [5.41, 5.74) is 6.94. The fourth-order valence-corrected chi connectivity index (χ4v) is 5.97. The van der Waals surface area contributed by atoms with E-state index in [9.17, 15) is 0 Å². The number of hydrogen-bond acceptors (Lipinski definition) is 7. The number of aryl methyl sites for hydroxylation is 2. The molecule has 8 heteroatoms. The quantitative estimate of drug-likeness (QED) is 0.132. The summed E-state index contributed by atoms with van der Waals surface area (Å²) in [5, 5.41) is 13.0. The highest BCUT2D eigenvalue weighted by Gasteiger charge is 2.16. The minimum absolute atomic E-state index is 0. The molecule has 0 saturated carbocycles. The van der Waals surface area contributed by atoms with Gasteiger partial charge in [0.2, 0.25) is 0 Å². The molecule has 212 valence electrons. The molecule has 5 rings (SSSR count). The third-order valence-corrected chi connectivity index (χ3v) is 7.99. The number of fused-ring (bicyclic) bond motifs is 1. The molecule has 4 aromatic rings. The van der Waals surface area contributed by atoms with Crippen molar-refractivity contribution in [1.29, 1.82) is 0 Å². The maximum Gasteiger partial charge on any atom is 0.119 e. The summed E-state index contributed by atoms with van der Waals surface area (Å²) in [5.74, 6) is 8.10. The first-order valence-corrected chi connectivity index (χ1v) is 14.2. The van der Waals surface area contributed by atoms with Crippen molar-refractivity contribution in [2.45, 2.75) is 39.7 Å². The van der Waals surface area contributed by atoms with E-state index in [1.165, 1.54) is 31.7 Å². The van der Waals surface area contributed by atoms with Gasteiger partial charge < -0.3 is 14.2 Å². The highest BCUT2D eigenvalue weighted by molar-refractivity contribution is 7.59. The summed E-state index contributed by atoms with van der Waals surface area (Å²) in [6.45, 7) is 8.36. The standard InChI is InChI=1S/C33H33N3O3S.H2S/c1-5-6-26(19-27-20-34-36-35-27)25-8-10-28(11-9-25)39-21-24-7-14-32-31(18-24)33(23(3)40-32)30-13-12-29(17-22(30)2)38-16-15-37-4;/h7-14,17-18,26H,15-16,19-21H2,1-4H3;1H2/t26-;/m0./s1. The lowest BCUT2D eigenvalue weighted by atomic mass is 9.94. The van der Waals surface area contributed by atoms with E-state index in [4.69, 9.17) is 14.2 Å². The maximum absolute atomic E-state index is 6.19. The molecule has 1 aliphatic rings. The lowest BCUT2D eigenvalue weighted by molar-refractivity contribution is 0.146. The first-order chi connectivity index (χ1) is 19.6. The van der Waals surface area contributed by atoms with Gasteiger partial charge in [0, 0.05) is 34.1 Å². The molecule has 0 N–H and O–H groups in total. The number of methoxy groups -OCH3 is 1. The third-order valence-electron chi connectivity index (χ3n) is 6.90. The van der Waals surface area contributed by atoms with Crippen LogP contribution in [0.25, 0.3) is 21.2 Å². The molecule has 3 aromatic carbocycles. The molecule has 6 nitrogen and oxygen atoms in total. The fraction of sp³-hybridized carbons (Fsp3) is 0.303. The van der Waals surface area contributed by atoms with Gasteiger partial charge in [-0.15, -0.1) is 22.4 Å². The topological polar surface area (TPSA) is 64.8 Å². The van der Waals surface area contributed by atoms with E-state index < -0.39 is 0 Å². The van der Waals surface area contributed by atoms with E-state index in [1.807, 2.05) is 36.5 Å². The van der Waals surface area contributed by atoms with E-state index in [2.05, 4.69) is 83.6 Å². The van der Waals surface area contributed by atoms with Crippen LogP contribution in [0, 0.1) is 25.7 Å². The predicted octanol–water partition coefficient (Wildman–Crippen LogP) is 8.22. The molecule has 0 unspecified atom stereocenters. The number of nitrogens with zero attached hydrogens (tertiary/aromatic N) is 3. The normalized spacial score (nSPS) is 12.8. The number of thiophene rings is 1. The van der Waals surface area contributed by atoms with Gasteiger partial charge in [-0.1, -0.05) is 30.2 Å². The molecule has 0 saturated heterocycles. The molecular formula is C33H35N3O3S2. The largest absolute Gasteiger partial charge is 0.491 e. The van der Waals surface area contributed by atoms with E-state index in [0.29, 0.717) is 26.4 Å². The van der Waals surface area contributed by atoms with Crippen LogP contribution in [-0.2, 0) is 11.3 Å². The van der Waals surface area contributed by atoms with Crippen molar-refractivity contribution in [3.8, 4) is 34.5 Å². The molecule has 2 heterocycles. The minimum Gasteiger partial charge on any atom is -0.491 e. The van der Waals surface area contributed by atoms with Crippen molar-refractivity contribution in [2.24, 2.45) is 15.4 Å². The summed E-state index contributed by atoms with van der Waals surface area (Å²) in [4.78, 5) is 1.30. The molecule has 0 bridgehead atoms. The molecule has 0 fully saturated rings. The van der Waals surface area contributed by atoms with Gasteiger partial charge in [0.1, 0.15) is 31.3 Å². The average Bonchev–Trinajstić information content (AvgIpc) is 3.59. The van der Waals surface area contributed by atoms with Gasteiger partial charge in [0.15, 0.2) is 0 Å². The lowest BCUT2D eigenvalue weighted by Gasteiger charge is -2.13. The van der Waals surface area contributed by atoms with Gasteiger partial charge in [-0.25, -0.2) is 0 Å². The Bertz CT molecular complexity index is 1610. The van der Waals surface area contributed by atoms with Crippen LogP contribution in [0.4, 0.5) is 0 Å². The van der Waals surface area contributed by atoms with Crippen molar-refractivity contribution >= 4 is 40.6 Å². The van der Waals surface area contributed by atoms with E-state index >= 15 is 0 Å². The van der Waals surface area contributed by atoms with Crippen molar-refractivity contribution in [2.75, 3.05) is 26.9 Å². The second-order valence-electron chi connectivity index (χ2n) is 9.75. The van der Waals surface area contributed by atoms with Crippen molar-refractivity contribution in [3.63, 3.8) is 0 Å². The summed E-state index contributed by atoms with van der Waals surface area (Å²) >= 11 is 1.83. The molecule has 0 amide bonds. The monoisotopic (exact) mass is 585 g/mol. The van der Waals surface area contributed by atoms with E-state index in [-0.39, 0.29) is 19.4 Å². The molecule has 1 aliphatic heterocycles. The van der Waals surface area contributed by atoms with Gasteiger partial charge in [-0.05, 0) is 84.6 Å². The van der Waals surface area contributed by atoms with Crippen LogP contribution in [0.2, 0.25) is 0 Å². The van der Waals surface area contributed by atoms with Crippen LogP contribution < -0.4 is 9.47 Å². The van der Waals surface area contributed by atoms with E-state index in [1.54, 1.807) is 7.11 Å². The minimum atomic E-state index is 0. The molecule has 1 aromatic heterocycles. The Morgan fingerprint density at radius 2 is 1.76 bits per heavy atom. The fourth-order valence-electron chi connectivity index (χ4n) is 4.91. The Morgan fingerprint density at radius 3 is 2.46 bits per heavy atom. The lowest BCUT2D eigenvalue weighted by Crippen LogP contribution is -2.07. The van der Waals surface area contributed by atoms with Crippen LogP contribution in [-0.4, -0.2) is 32.6 Å². The van der Waals surface area contributed by atoms with Crippen LogP contribution in [0.5, 0.6) is 11.5 Å². The second kappa shape index (κ2) is 14.3. The van der Waals surface area contributed by atoms with Gasteiger partial charge in [0.25, 0.3) is 0 Å². The van der Waals surface area contributed by atoms with Crippen LogP contribution in [0.1, 0.15) is 40.8 Å². The first kappa shape index (κ1) is 30.3. The van der Waals surface area contributed by atoms with Crippen molar-refractivity contribution in [1.82, 2.24) is 0 Å². The summed E-state index contributed by atoms with van der Waals surface area (Å²) in [6, 6.07) is 21.1. The zero-order chi connectivity index (χ0) is 27.9. The first-order valence-electron chi connectivity index (χ1n) is 13.4. The summed E-state index contributed by atoms with van der Waals surface area (Å²) < 4.78 is 18.4. The molecule has 41 heavy (non-hydrogen) atoms. The Balaban J connectivity index is 0.00000387. The van der Waals surface area contributed by atoms with Crippen LogP contribution in [0.15, 0.2) is 76.1 Å². The summed E-state index contributed by atoms with van der Waals surface area (Å²) in [6.07, 6.45) is 0.736. The Hall–Kier alpha value is -3.64. The predicted molar refractivity (Wildman–Crippen MR) is 173 cm³/mol.